The fourth-order valence-corrected chi connectivity index (χ4v) is 2.52. The molecule has 0 aromatic heterocycles. The minimum atomic E-state index is -1.28. The topological polar surface area (TPSA) is 102 Å². The molecule has 0 amide bonds. The van der Waals surface area contributed by atoms with Crippen LogP contribution in [0.25, 0.3) is 0 Å². The number of aliphatic hydroxyl groups is 4. The van der Waals surface area contributed by atoms with E-state index in [0.717, 1.165) is 9.13 Å². The highest BCUT2D eigenvalue weighted by Gasteiger charge is 2.43. The lowest BCUT2D eigenvalue weighted by Gasteiger charge is -2.40. The molecule has 1 fully saturated rings. The molecule has 1 aliphatic rings. The van der Waals surface area contributed by atoms with Crippen molar-refractivity contribution in [2.24, 2.45) is 0 Å². The van der Waals surface area contributed by atoms with Crippen molar-refractivity contribution in [3.8, 4) is 0 Å². The highest BCUT2D eigenvalue weighted by Crippen LogP contribution is 2.20. The Hall–Kier alpha value is -0.290. The Bertz CT molecular complexity index is 429. The van der Waals surface area contributed by atoms with Crippen molar-refractivity contribution in [2.75, 3.05) is 6.61 Å². The molecule has 2 rings (SSSR count). The third-order valence-electron chi connectivity index (χ3n) is 3.36. The molecule has 0 aliphatic carbocycles. The molecule has 1 aromatic carbocycles. The number of halogens is 1. The molecule has 0 spiro atoms. The summed E-state index contributed by atoms with van der Waals surface area (Å²) in [6.07, 6.45) is -4.71. The monoisotopic (exact) mass is 395 g/mol. The van der Waals surface area contributed by atoms with Crippen LogP contribution in [0.3, 0.4) is 0 Å². The van der Waals surface area contributed by atoms with Crippen molar-refractivity contribution in [3.05, 3.63) is 33.4 Å². The van der Waals surface area contributed by atoms with Gasteiger partial charge >= 0.3 is 0 Å². The summed E-state index contributed by atoms with van der Waals surface area (Å²) < 4.78 is 6.19. The molecule has 1 aliphatic heterocycles. The number of nitrogens with one attached hydrogen (secondary N) is 1. The quantitative estimate of drug-likeness (QED) is 0.427. The van der Waals surface area contributed by atoms with Crippen LogP contribution in [0.15, 0.2) is 24.3 Å². The highest BCUT2D eigenvalue weighted by atomic mass is 127. The van der Waals surface area contributed by atoms with E-state index >= 15 is 0 Å². The van der Waals surface area contributed by atoms with E-state index in [0.29, 0.717) is 6.54 Å². The largest absolute Gasteiger partial charge is 0.394 e. The Balaban J connectivity index is 1.96. The van der Waals surface area contributed by atoms with Crippen LogP contribution in [0, 0.1) is 3.57 Å². The maximum atomic E-state index is 9.97. The van der Waals surface area contributed by atoms with E-state index in [4.69, 9.17) is 9.84 Å². The van der Waals surface area contributed by atoms with Gasteiger partial charge in [-0.25, -0.2) is 0 Å². The van der Waals surface area contributed by atoms with E-state index in [2.05, 4.69) is 27.9 Å². The molecule has 6 nitrogen and oxygen atoms in total. The first-order chi connectivity index (χ1) is 9.52. The number of hydrogen-bond acceptors (Lipinski definition) is 6. The second-order valence-corrected chi connectivity index (χ2v) is 6.01. The van der Waals surface area contributed by atoms with Crippen LogP contribution in [0.4, 0.5) is 0 Å². The standard InChI is InChI=1S/C13H18INO5/c14-8-3-1-7(2-4-8)5-15-10-12(18)11(17)9(6-16)20-13(10)19/h1-4,9-13,15-19H,5-6H2. The summed E-state index contributed by atoms with van der Waals surface area (Å²) >= 11 is 2.21. The molecule has 5 atom stereocenters. The Labute approximate surface area is 130 Å². The zero-order chi connectivity index (χ0) is 14.7. The fourth-order valence-electron chi connectivity index (χ4n) is 2.16. The van der Waals surface area contributed by atoms with Crippen molar-refractivity contribution >= 4 is 22.6 Å². The van der Waals surface area contributed by atoms with Gasteiger partial charge in [-0.3, -0.25) is 0 Å². The number of rotatable bonds is 4. The van der Waals surface area contributed by atoms with Crippen LogP contribution < -0.4 is 5.32 Å². The van der Waals surface area contributed by atoms with Crippen molar-refractivity contribution in [1.29, 1.82) is 0 Å². The first kappa shape index (κ1) is 16.1. The second-order valence-electron chi connectivity index (χ2n) is 4.76. The zero-order valence-corrected chi connectivity index (χ0v) is 12.8. The summed E-state index contributed by atoms with van der Waals surface area (Å²) in [5.41, 5.74) is 0.989. The van der Waals surface area contributed by atoms with Crippen LogP contribution in [0.2, 0.25) is 0 Å². The Morgan fingerprint density at radius 2 is 1.75 bits per heavy atom. The van der Waals surface area contributed by atoms with Gasteiger partial charge in [-0.2, -0.15) is 0 Å². The van der Waals surface area contributed by atoms with E-state index in [1.54, 1.807) is 0 Å². The minimum Gasteiger partial charge on any atom is -0.394 e. The third kappa shape index (κ3) is 3.67. The average Bonchev–Trinajstić information content (AvgIpc) is 2.44. The van der Waals surface area contributed by atoms with Crippen molar-refractivity contribution in [1.82, 2.24) is 5.32 Å². The molecule has 1 aromatic rings. The minimum absolute atomic E-state index is 0.426. The molecule has 5 unspecified atom stereocenters. The van der Waals surface area contributed by atoms with Crippen molar-refractivity contribution in [3.63, 3.8) is 0 Å². The van der Waals surface area contributed by atoms with Gasteiger partial charge in [-0.15, -0.1) is 0 Å². The molecule has 0 saturated carbocycles. The number of ether oxygens (including phenoxy) is 1. The number of hydrogen-bond donors (Lipinski definition) is 5. The predicted octanol–water partition coefficient (Wildman–Crippen LogP) is -0.819. The molecular weight excluding hydrogens is 377 g/mol. The summed E-state index contributed by atoms with van der Waals surface area (Å²) in [7, 11) is 0. The fraction of sp³-hybridized carbons (Fsp3) is 0.538. The smallest absolute Gasteiger partial charge is 0.173 e. The van der Waals surface area contributed by atoms with Gasteiger partial charge in [0.25, 0.3) is 0 Å². The molecule has 112 valence electrons. The summed E-state index contributed by atoms with van der Waals surface area (Å²) in [4.78, 5) is 0. The van der Waals surface area contributed by atoms with Crippen LogP contribution >= 0.6 is 22.6 Å². The zero-order valence-electron chi connectivity index (χ0n) is 10.7. The maximum Gasteiger partial charge on any atom is 0.173 e. The first-order valence-electron chi connectivity index (χ1n) is 6.31. The first-order valence-corrected chi connectivity index (χ1v) is 7.39. The lowest BCUT2D eigenvalue weighted by atomic mass is 9.97. The highest BCUT2D eigenvalue weighted by molar-refractivity contribution is 14.1. The van der Waals surface area contributed by atoms with E-state index in [1.165, 1.54) is 0 Å². The van der Waals surface area contributed by atoms with Gasteiger partial charge in [-0.1, -0.05) is 12.1 Å². The van der Waals surface area contributed by atoms with Gasteiger partial charge in [0.2, 0.25) is 0 Å². The maximum absolute atomic E-state index is 9.97. The molecule has 1 saturated heterocycles. The SMILES string of the molecule is OCC1OC(O)C(NCc2ccc(I)cc2)C(O)C1O. The third-order valence-corrected chi connectivity index (χ3v) is 4.07. The molecular formula is C13H18INO5. The summed E-state index contributed by atoms with van der Waals surface area (Å²) in [6, 6.07) is 6.97. The second kappa shape index (κ2) is 7.12. The van der Waals surface area contributed by atoms with Gasteiger partial charge in [0.05, 0.1) is 12.6 Å². The summed E-state index contributed by atoms with van der Waals surface area (Å²) in [6.45, 7) is -0.0330. The Morgan fingerprint density at radius 3 is 2.35 bits per heavy atom. The van der Waals surface area contributed by atoms with Gasteiger partial charge in [0.15, 0.2) is 6.29 Å². The molecule has 0 bridgehead atoms. The normalized spacial score (nSPS) is 34.1. The Morgan fingerprint density at radius 1 is 1.10 bits per heavy atom. The number of benzene rings is 1. The van der Waals surface area contributed by atoms with Gasteiger partial charge in [0, 0.05) is 10.1 Å². The summed E-state index contributed by atoms with van der Waals surface area (Å²) in [5.74, 6) is 0. The van der Waals surface area contributed by atoms with Crippen LogP contribution in [-0.2, 0) is 11.3 Å². The molecule has 5 N–H and O–H groups in total. The van der Waals surface area contributed by atoms with E-state index in [-0.39, 0.29) is 0 Å². The molecule has 20 heavy (non-hydrogen) atoms. The summed E-state index contributed by atoms with van der Waals surface area (Å²) in [5, 5.41) is 41.5. The predicted molar refractivity (Wildman–Crippen MR) is 79.8 cm³/mol. The van der Waals surface area contributed by atoms with Gasteiger partial charge in [-0.05, 0) is 40.3 Å². The van der Waals surface area contributed by atoms with Crippen LogP contribution in [-0.4, -0.2) is 57.7 Å². The van der Waals surface area contributed by atoms with Crippen LogP contribution in [0.5, 0.6) is 0 Å². The van der Waals surface area contributed by atoms with E-state index in [9.17, 15) is 15.3 Å². The lowest BCUT2D eigenvalue weighted by Crippen LogP contribution is -2.63. The van der Waals surface area contributed by atoms with Crippen LogP contribution in [0.1, 0.15) is 5.56 Å². The Kier molecular flexibility index (Phi) is 5.73. The molecule has 0 radical (unpaired) electrons. The lowest BCUT2D eigenvalue weighted by molar-refractivity contribution is -0.254. The van der Waals surface area contributed by atoms with Gasteiger partial charge in [0.1, 0.15) is 18.3 Å². The average molecular weight is 395 g/mol. The van der Waals surface area contributed by atoms with Crippen molar-refractivity contribution < 1.29 is 25.2 Å². The van der Waals surface area contributed by atoms with E-state index in [1.807, 2.05) is 24.3 Å². The van der Waals surface area contributed by atoms with E-state index < -0.39 is 37.3 Å². The van der Waals surface area contributed by atoms with Gasteiger partial charge < -0.3 is 30.5 Å². The molecule has 7 heteroatoms. The number of aliphatic hydroxyl groups excluding tert-OH is 4. The molecule has 1 heterocycles. The van der Waals surface area contributed by atoms with Crippen molar-refractivity contribution in [2.45, 2.75) is 37.2 Å².